The smallest absolute Gasteiger partial charge is 0.270 e. The van der Waals surface area contributed by atoms with Crippen LogP contribution in [0.5, 0.6) is 0 Å². The van der Waals surface area contributed by atoms with E-state index in [1.807, 2.05) is 12.1 Å². The Morgan fingerprint density at radius 3 is 3.04 bits per heavy atom. The maximum Gasteiger partial charge on any atom is 0.270 e. The van der Waals surface area contributed by atoms with Gasteiger partial charge in [-0.1, -0.05) is 6.07 Å². The van der Waals surface area contributed by atoms with Crippen molar-refractivity contribution in [3.8, 4) is 6.07 Å². The van der Waals surface area contributed by atoms with Gasteiger partial charge in [0.1, 0.15) is 17.5 Å². The molecule has 0 aromatic carbocycles. The SMILES string of the molecule is N#Cc1cccc(C(=O)NC2CCC3NNC(c4ccoc4)C3C2)n1. The highest BCUT2D eigenvalue weighted by atomic mass is 16.3. The van der Waals surface area contributed by atoms with Crippen molar-refractivity contribution in [1.82, 2.24) is 21.2 Å². The number of aromatic nitrogens is 1. The van der Waals surface area contributed by atoms with Crippen LogP contribution < -0.4 is 16.2 Å². The normalized spacial score (nSPS) is 28.1. The van der Waals surface area contributed by atoms with E-state index in [0.29, 0.717) is 12.0 Å². The molecule has 4 rings (SSSR count). The van der Waals surface area contributed by atoms with E-state index in [0.717, 1.165) is 24.8 Å². The molecular formula is C18H19N5O2. The van der Waals surface area contributed by atoms with Crippen molar-refractivity contribution in [2.75, 3.05) is 0 Å². The topological polar surface area (TPSA) is 103 Å². The highest BCUT2D eigenvalue weighted by Crippen LogP contribution is 2.38. The van der Waals surface area contributed by atoms with Gasteiger partial charge in [-0.2, -0.15) is 5.26 Å². The number of rotatable bonds is 3. The summed E-state index contributed by atoms with van der Waals surface area (Å²) >= 11 is 0. The van der Waals surface area contributed by atoms with Crippen LogP contribution in [0.25, 0.3) is 0 Å². The molecule has 0 radical (unpaired) electrons. The summed E-state index contributed by atoms with van der Waals surface area (Å²) in [5, 5.41) is 12.0. The number of pyridine rings is 1. The summed E-state index contributed by atoms with van der Waals surface area (Å²) < 4.78 is 5.21. The van der Waals surface area contributed by atoms with Crippen molar-refractivity contribution in [2.45, 2.75) is 37.4 Å². The number of hydrazine groups is 1. The van der Waals surface area contributed by atoms with E-state index in [2.05, 4.69) is 21.2 Å². The molecule has 1 aliphatic carbocycles. The lowest BCUT2D eigenvalue weighted by atomic mass is 9.77. The minimum atomic E-state index is -0.223. The third-order valence-corrected chi connectivity index (χ3v) is 5.09. The van der Waals surface area contributed by atoms with Gasteiger partial charge in [0.15, 0.2) is 0 Å². The third kappa shape index (κ3) is 3.14. The number of carbonyl (C=O) groups is 1. The summed E-state index contributed by atoms with van der Waals surface area (Å²) in [4.78, 5) is 16.5. The monoisotopic (exact) mass is 337 g/mol. The van der Waals surface area contributed by atoms with E-state index in [-0.39, 0.29) is 29.4 Å². The number of amides is 1. The van der Waals surface area contributed by atoms with E-state index >= 15 is 0 Å². The van der Waals surface area contributed by atoms with Crippen LogP contribution in [0.2, 0.25) is 0 Å². The molecule has 1 aliphatic heterocycles. The molecule has 2 aromatic heterocycles. The molecule has 2 aromatic rings. The summed E-state index contributed by atoms with van der Waals surface area (Å²) in [7, 11) is 0. The molecule has 7 nitrogen and oxygen atoms in total. The predicted octanol–water partition coefficient (Wildman–Crippen LogP) is 1.66. The molecule has 128 valence electrons. The first kappa shape index (κ1) is 15.8. The van der Waals surface area contributed by atoms with Crippen LogP contribution in [-0.2, 0) is 0 Å². The van der Waals surface area contributed by atoms with Gasteiger partial charge in [-0.25, -0.2) is 10.4 Å². The zero-order chi connectivity index (χ0) is 17.2. The lowest BCUT2D eigenvalue weighted by Gasteiger charge is -2.33. The van der Waals surface area contributed by atoms with Gasteiger partial charge < -0.3 is 9.73 Å². The largest absolute Gasteiger partial charge is 0.472 e. The molecule has 0 bridgehead atoms. The average molecular weight is 337 g/mol. The van der Waals surface area contributed by atoms with Crippen molar-refractivity contribution < 1.29 is 9.21 Å². The Balaban J connectivity index is 1.44. The quantitative estimate of drug-likeness (QED) is 0.787. The fourth-order valence-electron chi connectivity index (χ4n) is 3.85. The van der Waals surface area contributed by atoms with Crippen molar-refractivity contribution in [3.63, 3.8) is 0 Å². The van der Waals surface area contributed by atoms with Crippen LogP contribution in [0, 0.1) is 17.2 Å². The number of nitrogens with zero attached hydrogens (tertiary/aromatic N) is 2. The molecule has 1 saturated heterocycles. The molecular weight excluding hydrogens is 318 g/mol. The lowest BCUT2D eigenvalue weighted by molar-refractivity contribution is 0.0910. The van der Waals surface area contributed by atoms with E-state index in [9.17, 15) is 4.79 Å². The van der Waals surface area contributed by atoms with Gasteiger partial charge in [0.2, 0.25) is 0 Å². The van der Waals surface area contributed by atoms with Crippen molar-refractivity contribution in [3.05, 3.63) is 53.7 Å². The molecule has 4 atom stereocenters. The van der Waals surface area contributed by atoms with Crippen molar-refractivity contribution in [1.29, 1.82) is 5.26 Å². The average Bonchev–Trinajstić information content (AvgIpc) is 3.30. The summed E-state index contributed by atoms with van der Waals surface area (Å²) in [5.74, 6) is 0.161. The van der Waals surface area contributed by atoms with E-state index in [1.54, 1.807) is 30.7 Å². The van der Waals surface area contributed by atoms with Gasteiger partial charge in [0.05, 0.1) is 18.6 Å². The standard InChI is InChI=1S/C18H19N5O2/c19-9-13-2-1-3-16(20-13)18(24)21-12-4-5-15-14(8-12)17(23-22-15)11-6-7-25-10-11/h1-3,6-7,10,12,14-15,17,22-23H,4-5,8H2,(H,21,24). The first-order chi connectivity index (χ1) is 12.2. The molecule has 4 unspecified atom stereocenters. The third-order valence-electron chi connectivity index (χ3n) is 5.09. The first-order valence-electron chi connectivity index (χ1n) is 8.46. The zero-order valence-corrected chi connectivity index (χ0v) is 13.6. The number of furan rings is 1. The van der Waals surface area contributed by atoms with Crippen LogP contribution in [0.4, 0.5) is 0 Å². The number of nitriles is 1. The number of hydrogen-bond acceptors (Lipinski definition) is 6. The Kier molecular flexibility index (Phi) is 4.22. The van der Waals surface area contributed by atoms with Gasteiger partial charge in [-0.3, -0.25) is 10.2 Å². The van der Waals surface area contributed by atoms with Gasteiger partial charge in [-0.15, -0.1) is 0 Å². The first-order valence-corrected chi connectivity index (χ1v) is 8.46. The number of fused-ring (bicyclic) bond motifs is 1. The summed E-state index contributed by atoms with van der Waals surface area (Å²) in [6.07, 6.45) is 6.23. The molecule has 2 aliphatic rings. The maximum atomic E-state index is 12.5. The Morgan fingerprint density at radius 1 is 1.32 bits per heavy atom. The minimum Gasteiger partial charge on any atom is -0.472 e. The van der Waals surface area contributed by atoms with E-state index < -0.39 is 0 Å². The van der Waals surface area contributed by atoms with Gasteiger partial charge in [0.25, 0.3) is 5.91 Å². The van der Waals surface area contributed by atoms with E-state index in [1.165, 1.54) is 0 Å². The van der Waals surface area contributed by atoms with Gasteiger partial charge >= 0.3 is 0 Å². The highest BCUT2D eigenvalue weighted by molar-refractivity contribution is 5.92. The Labute approximate surface area is 145 Å². The molecule has 1 saturated carbocycles. The second-order valence-electron chi connectivity index (χ2n) is 6.60. The van der Waals surface area contributed by atoms with Crippen LogP contribution in [-0.4, -0.2) is 23.0 Å². The van der Waals surface area contributed by atoms with Gasteiger partial charge in [-0.05, 0) is 43.4 Å². The van der Waals surface area contributed by atoms with Gasteiger partial charge in [0, 0.05) is 17.6 Å². The zero-order valence-electron chi connectivity index (χ0n) is 13.6. The van der Waals surface area contributed by atoms with Crippen molar-refractivity contribution in [2.24, 2.45) is 5.92 Å². The Hall–Kier alpha value is -2.69. The molecule has 3 N–H and O–H groups in total. The fourth-order valence-corrected chi connectivity index (χ4v) is 3.85. The molecule has 1 amide bonds. The molecule has 25 heavy (non-hydrogen) atoms. The minimum absolute atomic E-state index is 0.0948. The number of hydrogen-bond donors (Lipinski definition) is 3. The van der Waals surface area contributed by atoms with Crippen LogP contribution in [0.3, 0.4) is 0 Å². The van der Waals surface area contributed by atoms with Crippen LogP contribution in [0.1, 0.15) is 47.1 Å². The summed E-state index contributed by atoms with van der Waals surface area (Å²) in [6, 6.07) is 9.51. The second-order valence-corrected chi connectivity index (χ2v) is 6.60. The summed E-state index contributed by atoms with van der Waals surface area (Å²) in [6.45, 7) is 0. The molecule has 7 heteroatoms. The maximum absolute atomic E-state index is 12.5. The lowest BCUT2D eigenvalue weighted by Crippen LogP contribution is -2.44. The Morgan fingerprint density at radius 2 is 2.24 bits per heavy atom. The Bertz CT molecular complexity index is 798. The van der Waals surface area contributed by atoms with Crippen LogP contribution in [0.15, 0.2) is 41.2 Å². The number of carbonyl (C=O) groups excluding carboxylic acids is 1. The summed E-state index contributed by atoms with van der Waals surface area (Å²) in [5.41, 5.74) is 8.37. The van der Waals surface area contributed by atoms with Crippen LogP contribution >= 0.6 is 0 Å². The van der Waals surface area contributed by atoms with E-state index in [4.69, 9.17) is 9.68 Å². The predicted molar refractivity (Wildman–Crippen MR) is 89.1 cm³/mol. The molecule has 3 heterocycles. The molecule has 2 fully saturated rings. The number of nitrogens with one attached hydrogen (secondary N) is 3. The fraction of sp³-hybridized carbons (Fsp3) is 0.389. The highest BCUT2D eigenvalue weighted by Gasteiger charge is 2.41. The second kappa shape index (κ2) is 6.67. The van der Waals surface area contributed by atoms with Crippen molar-refractivity contribution >= 4 is 5.91 Å². The molecule has 0 spiro atoms.